The fraction of sp³-hybridized carbons (Fsp3) is 0.385. The molecule has 0 amide bonds. The van der Waals surface area contributed by atoms with Gasteiger partial charge in [-0.15, -0.1) is 0 Å². The second kappa shape index (κ2) is 4.53. The maximum atomic E-state index is 4.63. The molecule has 0 saturated carbocycles. The number of para-hydroxylation sites is 1. The standard InChI is InChI=1S/C13H15N3S/c1-10-14-12-5-3-2-4-11(12)13(15-10)16-6-8-17-9-7-16/h2-5H,6-9H2,1H3. The molecule has 0 spiro atoms. The number of nitrogens with zero attached hydrogens (tertiary/aromatic N) is 3. The Morgan fingerprint density at radius 2 is 1.88 bits per heavy atom. The van der Waals surface area contributed by atoms with Crippen LogP contribution in [-0.4, -0.2) is 34.6 Å². The highest BCUT2D eigenvalue weighted by atomic mass is 32.2. The molecule has 88 valence electrons. The maximum Gasteiger partial charge on any atom is 0.140 e. The van der Waals surface area contributed by atoms with E-state index in [4.69, 9.17) is 0 Å². The minimum absolute atomic E-state index is 0.858. The molecule has 2 heterocycles. The van der Waals surface area contributed by atoms with Crippen LogP contribution in [0.1, 0.15) is 5.82 Å². The Morgan fingerprint density at radius 3 is 2.71 bits per heavy atom. The van der Waals surface area contributed by atoms with Crippen LogP contribution in [0.2, 0.25) is 0 Å². The Labute approximate surface area is 105 Å². The van der Waals surface area contributed by atoms with Gasteiger partial charge < -0.3 is 4.90 Å². The van der Waals surface area contributed by atoms with Gasteiger partial charge in [-0.2, -0.15) is 11.8 Å². The molecule has 0 aliphatic carbocycles. The zero-order chi connectivity index (χ0) is 11.7. The van der Waals surface area contributed by atoms with Gasteiger partial charge in [0.05, 0.1) is 5.52 Å². The first-order chi connectivity index (χ1) is 8.34. The molecule has 1 aromatic heterocycles. The molecule has 3 nitrogen and oxygen atoms in total. The van der Waals surface area contributed by atoms with E-state index in [9.17, 15) is 0 Å². The van der Waals surface area contributed by atoms with E-state index in [1.165, 1.54) is 16.9 Å². The first kappa shape index (κ1) is 10.8. The van der Waals surface area contributed by atoms with Crippen molar-refractivity contribution in [2.45, 2.75) is 6.92 Å². The first-order valence-corrected chi connectivity index (χ1v) is 7.06. The van der Waals surface area contributed by atoms with Crippen LogP contribution in [0.3, 0.4) is 0 Å². The summed E-state index contributed by atoms with van der Waals surface area (Å²) in [7, 11) is 0. The normalized spacial score (nSPS) is 16.4. The lowest BCUT2D eigenvalue weighted by molar-refractivity contribution is 0.836. The zero-order valence-corrected chi connectivity index (χ0v) is 10.7. The molecule has 1 fully saturated rings. The highest BCUT2D eigenvalue weighted by molar-refractivity contribution is 7.99. The van der Waals surface area contributed by atoms with Crippen molar-refractivity contribution in [3.63, 3.8) is 0 Å². The van der Waals surface area contributed by atoms with E-state index in [0.717, 1.165) is 30.2 Å². The molecule has 1 saturated heterocycles. The summed E-state index contributed by atoms with van der Waals surface area (Å²) < 4.78 is 0. The molecule has 1 aliphatic rings. The summed E-state index contributed by atoms with van der Waals surface area (Å²) in [5, 5.41) is 1.17. The molecular formula is C13H15N3S. The quantitative estimate of drug-likeness (QED) is 0.772. The molecule has 0 unspecified atom stereocenters. The molecule has 1 aliphatic heterocycles. The summed E-state index contributed by atoms with van der Waals surface area (Å²) >= 11 is 2.02. The lowest BCUT2D eigenvalue weighted by Gasteiger charge is -2.28. The van der Waals surface area contributed by atoms with Crippen molar-refractivity contribution in [2.75, 3.05) is 29.5 Å². The average Bonchev–Trinajstić information content (AvgIpc) is 2.39. The van der Waals surface area contributed by atoms with Crippen molar-refractivity contribution in [3.05, 3.63) is 30.1 Å². The lowest BCUT2D eigenvalue weighted by atomic mass is 10.2. The number of anilines is 1. The van der Waals surface area contributed by atoms with Crippen molar-refractivity contribution < 1.29 is 0 Å². The number of aromatic nitrogens is 2. The Kier molecular flexibility index (Phi) is 2.89. The number of hydrogen-bond acceptors (Lipinski definition) is 4. The van der Waals surface area contributed by atoms with Crippen LogP contribution >= 0.6 is 11.8 Å². The molecular weight excluding hydrogens is 230 g/mol. The molecule has 0 atom stereocenters. The predicted molar refractivity (Wildman–Crippen MR) is 73.8 cm³/mol. The monoisotopic (exact) mass is 245 g/mol. The van der Waals surface area contributed by atoms with Crippen LogP contribution in [-0.2, 0) is 0 Å². The van der Waals surface area contributed by atoms with Crippen molar-refractivity contribution in [2.24, 2.45) is 0 Å². The van der Waals surface area contributed by atoms with Crippen LogP contribution in [0.25, 0.3) is 10.9 Å². The molecule has 4 heteroatoms. The summed E-state index contributed by atoms with van der Waals surface area (Å²) in [4.78, 5) is 11.5. The summed E-state index contributed by atoms with van der Waals surface area (Å²) in [5.74, 6) is 4.35. The Balaban J connectivity index is 2.13. The smallest absolute Gasteiger partial charge is 0.140 e. The van der Waals surface area contributed by atoms with E-state index in [1.807, 2.05) is 24.8 Å². The fourth-order valence-electron chi connectivity index (χ4n) is 2.19. The Bertz CT molecular complexity index is 535. The molecule has 17 heavy (non-hydrogen) atoms. The molecule has 0 N–H and O–H groups in total. The minimum Gasteiger partial charge on any atom is -0.354 e. The second-order valence-electron chi connectivity index (χ2n) is 4.21. The van der Waals surface area contributed by atoms with Crippen molar-refractivity contribution in [1.82, 2.24) is 9.97 Å². The second-order valence-corrected chi connectivity index (χ2v) is 5.44. The van der Waals surface area contributed by atoms with Crippen molar-refractivity contribution >= 4 is 28.5 Å². The highest BCUT2D eigenvalue weighted by Crippen LogP contribution is 2.25. The zero-order valence-electron chi connectivity index (χ0n) is 9.89. The van der Waals surface area contributed by atoms with Gasteiger partial charge in [-0.25, -0.2) is 9.97 Å². The molecule has 1 aromatic carbocycles. The van der Waals surface area contributed by atoms with Gasteiger partial charge in [0.2, 0.25) is 0 Å². The fourth-order valence-corrected chi connectivity index (χ4v) is 3.09. The third-order valence-corrected chi connectivity index (χ3v) is 3.95. The van der Waals surface area contributed by atoms with Crippen LogP contribution in [0.4, 0.5) is 5.82 Å². The van der Waals surface area contributed by atoms with E-state index in [-0.39, 0.29) is 0 Å². The molecule has 3 rings (SSSR count). The van der Waals surface area contributed by atoms with Crippen LogP contribution in [0.5, 0.6) is 0 Å². The molecule has 0 radical (unpaired) electrons. The summed E-state index contributed by atoms with van der Waals surface area (Å²) in [6, 6.07) is 8.27. The van der Waals surface area contributed by atoms with Gasteiger partial charge in [0.1, 0.15) is 11.6 Å². The van der Waals surface area contributed by atoms with Crippen LogP contribution < -0.4 is 4.90 Å². The van der Waals surface area contributed by atoms with Crippen molar-refractivity contribution in [3.8, 4) is 0 Å². The lowest BCUT2D eigenvalue weighted by Crippen LogP contribution is -2.33. The average molecular weight is 245 g/mol. The topological polar surface area (TPSA) is 29.0 Å². The number of aryl methyl sites for hydroxylation is 1. The van der Waals surface area contributed by atoms with Gasteiger partial charge in [-0.05, 0) is 19.1 Å². The predicted octanol–water partition coefficient (Wildman–Crippen LogP) is 2.49. The molecule has 0 bridgehead atoms. The van der Waals surface area contributed by atoms with E-state index in [2.05, 4.69) is 33.1 Å². The van der Waals surface area contributed by atoms with Crippen LogP contribution in [0, 0.1) is 6.92 Å². The summed E-state index contributed by atoms with van der Waals surface area (Å²) in [6.45, 7) is 4.14. The minimum atomic E-state index is 0.858. The largest absolute Gasteiger partial charge is 0.354 e. The van der Waals surface area contributed by atoms with E-state index < -0.39 is 0 Å². The van der Waals surface area contributed by atoms with Gasteiger partial charge in [0.15, 0.2) is 0 Å². The number of hydrogen-bond donors (Lipinski definition) is 0. The maximum absolute atomic E-state index is 4.63. The highest BCUT2D eigenvalue weighted by Gasteiger charge is 2.15. The molecule has 2 aromatic rings. The van der Waals surface area contributed by atoms with Gasteiger partial charge in [-0.1, -0.05) is 12.1 Å². The number of fused-ring (bicyclic) bond motifs is 1. The van der Waals surface area contributed by atoms with E-state index in [0.29, 0.717) is 0 Å². The summed E-state index contributed by atoms with van der Waals surface area (Å²) in [5.41, 5.74) is 1.05. The Morgan fingerprint density at radius 1 is 1.12 bits per heavy atom. The third-order valence-electron chi connectivity index (χ3n) is 3.01. The number of thioether (sulfide) groups is 1. The van der Waals surface area contributed by atoms with Gasteiger partial charge in [0, 0.05) is 30.0 Å². The van der Waals surface area contributed by atoms with Crippen LogP contribution in [0.15, 0.2) is 24.3 Å². The van der Waals surface area contributed by atoms with Gasteiger partial charge >= 0.3 is 0 Å². The van der Waals surface area contributed by atoms with E-state index >= 15 is 0 Å². The third kappa shape index (κ3) is 2.09. The summed E-state index contributed by atoms with van der Waals surface area (Å²) in [6.07, 6.45) is 0. The van der Waals surface area contributed by atoms with Crippen molar-refractivity contribution in [1.29, 1.82) is 0 Å². The SMILES string of the molecule is Cc1nc(N2CCSCC2)c2ccccc2n1. The number of benzene rings is 1. The van der Waals surface area contributed by atoms with Gasteiger partial charge in [0.25, 0.3) is 0 Å². The van der Waals surface area contributed by atoms with E-state index in [1.54, 1.807) is 0 Å². The first-order valence-electron chi connectivity index (χ1n) is 5.91. The van der Waals surface area contributed by atoms with Gasteiger partial charge in [-0.3, -0.25) is 0 Å². The Hall–Kier alpha value is -1.29. The number of rotatable bonds is 1.